The van der Waals surface area contributed by atoms with Gasteiger partial charge in [0.1, 0.15) is 0 Å². The van der Waals surface area contributed by atoms with Gasteiger partial charge < -0.3 is 19.7 Å². The SMILES string of the molecule is COCC(C)OC.O=C(O)O. The molecule has 5 heteroatoms. The first kappa shape index (κ1) is 12.8. The van der Waals surface area contributed by atoms with Gasteiger partial charge in [-0.25, -0.2) is 4.79 Å². The predicted molar refractivity (Wildman–Crippen MR) is 39.0 cm³/mol. The summed E-state index contributed by atoms with van der Waals surface area (Å²) >= 11 is 0. The maximum Gasteiger partial charge on any atom is 0.503 e. The molecular formula is C6H14O5. The lowest BCUT2D eigenvalue weighted by Gasteiger charge is -2.05. The third-order valence-corrected chi connectivity index (χ3v) is 0.804. The first-order valence-corrected chi connectivity index (χ1v) is 2.98. The summed E-state index contributed by atoms with van der Waals surface area (Å²) in [5, 5.41) is 13.9. The second kappa shape index (κ2) is 9.19. The van der Waals surface area contributed by atoms with E-state index >= 15 is 0 Å². The van der Waals surface area contributed by atoms with Crippen molar-refractivity contribution < 1.29 is 24.5 Å². The monoisotopic (exact) mass is 166 g/mol. The van der Waals surface area contributed by atoms with Crippen LogP contribution in [0.2, 0.25) is 0 Å². The number of hydrogen-bond acceptors (Lipinski definition) is 3. The standard InChI is InChI=1S/C5H12O2.CH2O3/c1-5(7-3)4-6-2;2-1(3)4/h5H,4H2,1-3H3;(H2,2,3,4). The van der Waals surface area contributed by atoms with E-state index in [1.807, 2.05) is 6.92 Å². The van der Waals surface area contributed by atoms with Gasteiger partial charge in [0.25, 0.3) is 0 Å². The molecule has 0 saturated heterocycles. The fourth-order valence-corrected chi connectivity index (χ4v) is 0.303. The summed E-state index contributed by atoms with van der Waals surface area (Å²) in [7, 11) is 3.33. The molecule has 0 spiro atoms. The van der Waals surface area contributed by atoms with Gasteiger partial charge >= 0.3 is 6.16 Å². The summed E-state index contributed by atoms with van der Waals surface area (Å²) in [6.07, 6.45) is -1.61. The van der Waals surface area contributed by atoms with Crippen LogP contribution >= 0.6 is 0 Å². The molecular weight excluding hydrogens is 152 g/mol. The number of ether oxygens (including phenoxy) is 2. The van der Waals surface area contributed by atoms with Crippen LogP contribution in [0, 0.1) is 0 Å². The van der Waals surface area contributed by atoms with Crippen LogP contribution in [0.5, 0.6) is 0 Å². The molecule has 0 aliphatic carbocycles. The zero-order chi connectivity index (χ0) is 9.28. The predicted octanol–water partition coefficient (Wildman–Crippen LogP) is 0.890. The molecule has 0 aliphatic heterocycles. The van der Waals surface area contributed by atoms with Crippen molar-refractivity contribution in [2.45, 2.75) is 13.0 Å². The van der Waals surface area contributed by atoms with Crippen LogP contribution in [0.15, 0.2) is 0 Å². The Morgan fingerprint density at radius 3 is 1.91 bits per heavy atom. The minimum atomic E-state index is -1.83. The Morgan fingerprint density at radius 2 is 1.82 bits per heavy atom. The van der Waals surface area contributed by atoms with Crippen LogP contribution in [-0.2, 0) is 9.47 Å². The van der Waals surface area contributed by atoms with Crippen LogP contribution < -0.4 is 0 Å². The Bertz CT molecular complexity index is 89.0. The molecule has 1 unspecified atom stereocenters. The number of carbonyl (C=O) groups is 1. The first-order valence-electron chi connectivity index (χ1n) is 2.98. The van der Waals surface area contributed by atoms with Gasteiger partial charge in [0.2, 0.25) is 0 Å². The largest absolute Gasteiger partial charge is 0.503 e. The maximum absolute atomic E-state index is 8.56. The Balaban J connectivity index is 0. The highest BCUT2D eigenvalue weighted by atomic mass is 16.6. The van der Waals surface area contributed by atoms with Gasteiger partial charge in [0.15, 0.2) is 0 Å². The lowest BCUT2D eigenvalue weighted by atomic mass is 10.4. The Hall–Kier alpha value is -0.810. The number of rotatable bonds is 3. The molecule has 11 heavy (non-hydrogen) atoms. The van der Waals surface area contributed by atoms with E-state index in [1.165, 1.54) is 0 Å². The van der Waals surface area contributed by atoms with Gasteiger partial charge in [-0.05, 0) is 6.92 Å². The average molecular weight is 166 g/mol. The van der Waals surface area contributed by atoms with E-state index in [4.69, 9.17) is 24.5 Å². The summed E-state index contributed by atoms with van der Waals surface area (Å²) in [5.74, 6) is 0. The third kappa shape index (κ3) is 27.1. The lowest BCUT2D eigenvalue weighted by Crippen LogP contribution is -2.11. The van der Waals surface area contributed by atoms with Crippen molar-refractivity contribution in [2.24, 2.45) is 0 Å². The van der Waals surface area contributed by atoms with Gasteiger partial charge in [-0.15, -0.1) is 0 Å². The van der Waals surface area contributed by atoms with Crippen LogP contribution in [-0.4, -0.2) is 43.3 Å². The van der Waals surface area contributed by atoms with Crippen molar-refractivity contribution in [1.29, 1.82) is 0 Å². The third-order valence-electron chi connectivity index (χ3n) is 0.804. The highest BCUT2D eigenvalue weighted by Gasteiger charge is 1.93. The molecule has 0 rings (SSSR count). The molecule has 5 nitrogen and oxygen atoms in total. The summed E-state index contributed by atoms with van der Waals surface area (Å²) in [6.45, 7) is 2.64. The summed E-state index contributed by atoms with van der Waals surface area (Å²) in [6, 6.07) is 0. The van der Waals surface area contributed by atoms with Crippen LogP contribution in [0.25, 0.3) is 0 Å². The zero-order valence-electron chi connectivity index (χ0n) is 6.90. The Morgan fingerprint density at radius 1 is 1.45 bits per heavy atom. The minimum absolute atomic E-state index is 0.227. The van der Waals surface area contributed by atoms with E-state index in [2.05, 4.69) is 0 Å². The molecule has 0 bridgehead atoms. The molecule has 0 radical (unpaired) electrons. The number of methoxy groups -OCH3 is 2. The molecule has 0 aliphatic rings. The Labute approximate surface area is 65.5 Å². The van der Waals surface area contributed by atoms with E-state index < -0.39 is 6.16 Å². The fourth-order valence-electron chi connectivity index (χ4n) is 0.303. The number of hydrogen-bond donors (Lipinski definition) is 2. The van der Waals surface area contributed by atoms with Crippen molar-refractivity contribution in [2.75, 3.05) is 20.8 Å². The van der Waals surface area contributed by atoms with Crippen molar-refractivity contribution in [1.82, 2.24) is 0 Å². The second-order valence-corrected chi connectivity index (χ2v) is 1.78. The highest BCUT2D eigenvalue weighted by molar-refractivity contribution is 5.53. The molecule has 2 N–H and O–H groups in total. The molecule has 0 saturated carbocycles. The molecule has 0 aromatic carbocycles. The van der Waals surface area contributed by atoms with Crippen LogP contribution in [0.4, 0.5) is 4.79 Å². The van der Waals surface area contributed by atoms with E-state index in [0.29, 0.717) is 6.61 Å². The average Bonchev–Trinajstić information content (AvgIpc) is 1.87. The van der Waals surface area contributed by atoms with Crippen molar-refractivity contribution in [3.63, 3.8) is 0 Å². The molecule has 0 aromatic rings. The van der Waals surface area contributed by atoms with Crippen molar-refractivity contribution >= 4 is 6.16 Å². The molecule has 0 fully saturated rings. The van der Waals surface area contributed by atoms with E-state index in [-0.39, 0.29) is 6.10 Å². The van der Waals surface area contributed by atoms with Crippen LogP contribution in [0.1, 0.15) is 6.92 Å². The topological polar surface area (TPSA) is 76.0 Å². The lowest BCUT2D eigenvalue weighted by molar-refractivity contribution is 0.0401. The molecule has 0 amide bonds. The van der Waals surface area contributed by atoms with Gasteiger partial charge in [0.05, 0.1) is 12.7 Å². The summed E-state index contributed by atoms with van der Waals surface area (Å²) in [4.78, 5) is 8.56. The van der Waals surface area contributed by atoms with Gasteiger partial charge in [0, 0.05) is 14.2 Å². The van der Waals surface area contributed by atoms with Crippen molar-refractivity contribution in [3.05, 3.63) is 0 Å². The van der Waals surface area contributed by atoms with E-state index in [1.54, 1.807) is 14.2 Å². The number of carboxylic acid groups (broad SMARTS) is 2. The molecule has 68 valence electrons. The van der Waals surface area contributed by atoms with Gasteiger partial charge in [-0.3, -0.25) is 0 Å². The fraction of sp³-hybridized carbons (Fsp3) is 0.833. The maximum atomic E-state index is 8.56. The smallest absolute Gasteiger partial charge is 0.450 e. The molecule has 0 aromatic heterocycles. The second-order valence-electron chi connectivity index (χ2n) is 1.78. The summed E-state index contributed by atoms with van der Waals surface area (Å²) in [5.41, 5.74) is 0. The van der Waals surface area contributed by atoms with Gasteiger partial charge in [-0.1, -0.05) is 0 Å². The van der Waals surface area contributed by atoms with E-state index in [0.717, 1.165) is 0 Å². The minimum Gasteiger partial charge on any atom is -0.450 e. The quantitative estimate of drug-likeness (QED) is 0.651. The normalized spacial score (nSPS) is 11.2. The van der Waals surface area contributed by atoms with Crippen molar-refractivity contribution in [3.8, 4) is 0 Å². The molecule has 1 atom stereocenters. The van der Waals surface area contributed by atoms with Crippen LogP contribution in [0.3, 0.4) is 0 Å². The van der Waals surface area contributed by atoms with E-state index in [9.17, 15) is 0 Å². The highest BCUT2D eigenvalue weighted by Crippen LogP contribution is 1.84. The Kier molecular flexibility index (Phi) is 10.7. The molecule has 0 heterocycles. The summed E-state index contributed by atoms with van der Waals surface area (Å²) < 4.78 is 9.64. The van der Waals surface area contributed by atoms with Gasteiger partial charge in [-0.2, -0.15) is 0 Å². The first-order chi connectivity index (χ1) is 5.04. The zero-order valence-corrected chi connectivity index (χ0v) is 6.90.